The SMILES string of the molecule is CNC(=O)c1cc2ccccc2cc1O.N=Cc1cc([N+](=O)[O-])ccc1O. The van der Waals surface area contributed by atoms with E-state index in [1.165, 1.54) is 19.2 Å². The Balaban J connectivity index is 0.000000199. The summed E-state index contributed by atoms with van der Waals surface area (Å²) in [7, 11) is 1.54. The van der Waals surface area contributed by atoms with Crippen LogP contribution in [0.2, 0.25) is 0 Å². The average molecular weight is 367 g/mol. The van der Waals surface area contributed by atoms with Crippen molar-refractivity contribution in [3.63, 3.8) is 0 Å². The molecule has 3 aromatic carbocycles. The number of nitrogens with one attached hydrogen (secondary N) is 2. The zero-order chi connectivity index (χ0) is 20.0. The van der Waals surface area contributed by atoms with E-state index in [-0.39, 0.29) is 28.7 Å². The third-order valence-corrected chi connectivity index (χ3v) is 3.71. The van der Waals surface area contributed by atoms with Crippen LogP contribution < -0.4 is 5.32 Å². The van der Waals surface area contributed by atoms with Gasteiger partial charge in [-0.15, -0.1) is 0 Å². The second-order valence-corrected chi connectivity index (χ2v) is 5.44. The molecule has 0 bridgehead atoms. The number of carbonyl (C=O) groups is 1. The molecule has 3 rings (SSSR count). The summed E-state index contributed by atoms with van der Waals surface area (Å²) in [6, 6.07) is 14.4. The van der Waals surface area contributed by atoms with Crippen molar-refractivity contribution in [1.82, 2.24) is 5.32 Å². The number of nitro groups is 1. The Morgan fingerprint density at radius 3 is 2.26 bits per heavy atom. The molecule has 0 fully saturated rings. The molecule has 138 valence electrons. The lowest BCUT2D eigenvalue weighted by Crippen LogP contribution is -2.17. The monoisotopic (exact) mass is 367 g/mol. The summed E-state index contributed by atoms with van der Waals surface area (Å²) in [6.45, 7) is 0. The lowest BCUT2D eigenvalue weighted by Gasteiger charge is -2.05. The predicted octanol–water partition coefficient (Wildman–Crippen LogP) is 3.20. The van der Waals surface area contributed by atoms with Gasteiger partial charge >= 0.3 is 0 Å². The number of carbonyl (C=O) groups excluding carboxylic acids is 1. The minimum atomic E-state index is -0.577. The maximum Gasteiger partial charge on any atom is 0.270 e. The Kier molecular flexibility index (Phi) is 6.06. The third-order valence-electron chi connectivity index (χ3n) is 3.71. The molecule has 0 aliphatic heterocycles. The standard InChI is InChI=1S/C12H11NO2.C7H6N2O3/c1-13-12(15)10-6-8-4-2-3-5-9(8)7-11(10)14;8-4-5-3-6(9(11)12)1-2-7(5)10/h2-7,14H,1H3,(H,13,15);1-4,8,10H. The predicted molar refractivity (Wildman–Crippen MR) is 102 cm³/mol. The van der Waals surface area contributed by atoms with E-state index >= 15 is 0 Å². The summed E-state index contributed by atoms with van der Waals surface area (Å²) in [6.07, 6.45) is 0.863. The van der Waals surface area contributed by atoms with Crippen LogP contribution >= 0.6 is 0 Å². The lowest BCUT2D eigenvalue weighted by atomic mass is 10.1. The Labute approximate surface area is 154 Å². The number of hydrogen-bond acceptors (Lipinski definition) is 6. The normalized spacial score (nSPS) is 9.81. The topological polar surface area (TPSA) is 137 Å². The maximum absolute atomic E-state index is 11.4. The molecule has 0 saturated heterocycles. The zero-order valence-corrected chi connectivity index (χ0v) is 14.3. The first-order valence-electron chi connectivity index (χ1n) is 7.79. The van der Waals surface area contributed by atoms with Gasteiger partial charge in [0.1, 0.15) is 11.5 Å². The van der Waals surface area contributed by atoms with Gasteiger partial charge in [-0.1, -0.05) is 24.3 Å². The summed E-state index contributed by atoms with van der Waals surface area (Å²) in [4.78, 5) is 21.1. The molecule has 0 aliphatic carbocycles. The van der Waals surface area contributed by atoms with Gasteiger partial charge in [0.2, 0.25) is 0 Å². The van der Waals surface area contributed by atoms with Crippen molar-refractivity contribution in [3.8, 4) is 11.5 Å². The van der Waals surface area contributed by atoms with Crippen LogP contribution in [0.5, 0.6) is 11.5 Å². The number of amides is 1. The van der Waals surface area contributed by atoms with Gasteiger partial charge in [0.05, 0.1) is 10.5 Å². The second-order valence-electron chi connectivity index (χ2n) is 5.44. The summed E-state index contributed by atoms with van der Waals surface area (Å²) in [5, 5.41) is 40.1. The molecule has 0 heterocycles. The Morgan fingerprint density at radius 2 is 1.70 bits per heavy atom. The van der Waals surface area contributed by atoms with Crippen molar-refractivity contribution in [2.45, 2.75) is 0 Å². The lowest BCUT2D eigenvalue weighted by molar-refractivity contribution is -0.384. The first-order chi connectivity index (χ1) is 12.9. The van der Waals surface area contributed by atoms with Crippen LogP contribution in [0.1, 0.15) is 15.9 Å². The van der Waals surface area contributed by atoms with Crippen LogP contribution in [0.4, 0.5) is 5.69 Å². The van der Waals surface area contributed by atoms with Gasteiger partial charge in [-0.25, -0.2) is 0 Å². The number of aromatic hydroxyl groups is 2. The van der Waals surface area contributed by atoms with Crippen LogP contribution in [0.3, 0.4) is 0 Å². The highest BCUT2D eigenvalue weighted by Crippen LogP contribution is 2.24. The van der Waals surface area contributed by atoms with Crippen molar-refractivity contribution in [2.24, 2.45) is 0 Å². The second kappa shape index (κ2) is 8.43. The van der Waals surface area contributed by atoms with Crippen LogP contribution in [-0.4, -0.2) is 34.3 Å². The minimum Gasteiger partial charge on any atom is -0.507 e. The zero-order valence-electron chi connectivity index (χ0n) is 14.3. The van der Waals surface area contributed by atoms with Crippen molar-refractivity contribution in [1.29, 1.82) is 5.41 Å². The molecule has 0 aliphatic rings. The van der Waals surface area contributed by atoms with Gasteiger partial charge in [0.25, 0.3) is 11.6 Å². The number of phenols is 2. The van der Waals surface area contributed by atoms with Crippen LogP contribution in [0, 0.1) is 15.5 Å². The molecule has 8 nitrogen and oxygen atoms in total. The van der Waals surface area contributed by atoms with E-state index in [2.05, 4.69) is 5.32 Å². The Bertz CT molecular complexity index is 1020. The third kappa shape index (κ3) is 4.57. The van der Waals surface area contributed by atoms with Crippen LogP contribution in [-0.2, 0) is 0 Å². The van der Waals surface area contributed by atoms with Gasteiger partial charge in [0, 0.05) is 31.0 Å². The number of nitrogens with zero attached hydrogens (tertiary/aromatic N) is 1. The summed E-state index contributed by atoms with van der Waals surface area (Å²) in [5.74, 6) is -0.401. The molecular formula is C19H17N3O5. The number of hydrogen-bond donors (Lipinski definition) is 4. The minimum absolute atomic E-state index is 0.00745. The van der Waals surface area contributed by atoms with E-state index < -0.39 is 4.92 Å². The first kappa shape index (κ1) is 19.4. The fourth-order valence-electron chi connectivity index (χ4n) is 2.32. The van der Waals surface area contributed by atoms with Crippen LogP contribution in [0.15, 0.2) is 54.6 Å². The average Bonchev–Trinajstić information content (AvgIpc) is 2.67. The highest BCUT2D eigenvalue weighted by Gasteiger charge is 2.10. The van der Waals surface area contributed by atoms with E-state index in [0.29, 0.717) is 5.56 Å². The molecular weight excluding hydrogens is 350 g/mol. The van der Waals surface area contributed by atoms with Crippen molar-refractivity contribution < 1.29 is 19.9 Å². The van der Waals surface area contributed by atoms with Gasteiger partial charge in [-0.05, 0) is 29.0 Å². The van der Waals surface area contributed by atoms with Crippen molar-refractivity contribution >= 4 is 28.6 Å². The highest BCUT2D eigenvalue weighted by atomic mass is 16.6. The van der Waals surface area contributed by atoms with Crippen molar-refractivity contribution in [2.75, 3.05) is 7.05 Å². The molecule has 0 unspecified atom stereocenters. The van der Waals surface area contributed by atoms with Gasteiger partial charge < -0.3 is 20.9 Å². The van der Waals surface area contributed by atoms with Crippen LogP contribution in [0.25, 0.3) is 10.8 Å². The molecule has 4 N–H and O–H groups in total. The molecule has 0 spiro atoms. The van der Waals surface area contributed by atoms with Gasteiger partial charge in [-0.2, -0.15) is 0 Å². The maximum atomic E-state index is 11.4. The number of benzene rings is 3. The van der Waals surface area contributed by atoms with Gasteiger partial charge in [0.15, 0.2) is 0 Å². The molecule has 27 heavy (non-hydrogen) atoms. The summed E-state index contributed by atoms with van der Waals surface area (Å²) in [5.41, 5.74) is 0.312. The molecule has 3 aromatic rings. The molecule has 0 aromatic heterocycles. The number of nitro benzene ring substituents is 1. The van der Waals surface area contributed by atoms with E-state index in [0.717, 1.165) is 23.1 Å². The fraction of sp³-hybridized carbons (Fsp3) is 0.0526. The Hall–Kier alpha value is -3.94. The molecule has 0 atom stereocenters. The van der Waals surface area contributed by atoms with E-state index in [9.17, 15) is 20.0 Å². The molecule has 0 radical (unpaired) electrons. The largest absolute Gasteiger partial charge is 0.507 e. The van der Waals surface area contributed by atoms with E-state index in [1.54, 1.807) is 12.1 Å². The Morgan fingerprint density at radius 1 is 1.07 bits per heavy atom. The highest BCUT2D eigenvalue weighted by molar-refractivity contribution is 6.01. The molecule has 0 saturated carbocycles. The van der Waals surface area contributed by atoms with Gasteiger partial charge in [-0.3, -0.25) is 14.9 Å². The number of non-ortho nitro benzene ring substituents is 1. The summed E-state index contributed by atoms with van der Waals surface area (Å²) >= 11 is 0. The number of phenolic OH excluding ortho intramolecular Hbond substituents is 2. The first-order valence-corrected chi connectivity index (χ1v) is 7.79. The fourth-order valence-corrected chi connectivity index (χ4v) is 2.32. The van der Waals surface area contributed by atoms with Crippen molar-refractivity contribution in [3.05, 3.63) is 75.8 Å². The quantitative estimate of drug-likeness (QED) is 0.320. The number of fused-ring (bicyclic) bond motifs is 1. The molecule has 1 amide bonds. The number of rotatable bonds is 3. The smallest absolute Gasteiger partial charge is 0.270 e. The summed E-state index contributed by atoms with van der Waals surface area (Å²) < 4.78 is 0. The van der Waals surface area contributed by atoms with E-state index in [1.807, 2.05) is 24.3 Å². The molecule has 8 heteroatoms. The van der Waals surface area contributed by atoms with E-state index in [4.69, 9.17) is 10.5 Å².